The molecule has 1 saturated heterocycles. The highest BCUT2D eigenvalue weighted by Gasteiger charge is 2.18. The molecule has 0 radical (unpaired) electrons. The van der Waals surface area contributed by atoms with Crippen molar-refractivity contribution >= 4 is 11.9 Å². The molecule has 0 unspecified atom stereocenters. The minimum Gasteiger partial charge on any atom is -0.476 e. The van der Waals surface area contributed by atoms with E-state index < -0.39 is 5.97 Å². The third-order valence-electron chi connectivity index (χ3n) is 2.66. The van der Waals surface area contributed by atoms with Crippen LogP contribution in [0.4, 0.5) is 0 Å². The Hall–Kier alpha value is -2.02. The van der Waals surface area contributed by atoms with Gasteiger partial charge in [0, 0.05) is 19.3 Å². The Bertz CT molecular complexity index is 440. The summed E-state index contributed by atoms with van der Waals surface area (Å²) in [6.45, 7) is 1.27. The molecule has 0 atom stereocenters. The van der Waals surface area contributed by atoms with Crippen molar-refractivity contribution in [2.24, 2.45) is 0 Å². The first-order valence-electron chi connectivity index (χ1n) is 5.61. The van der Waals surface area contributed by atoms with Crippen LogP contribution >= 0.6 is 0 Å². The van der Waals surface area contributed by atoms with Crippen molar-refractivity contribution in [3.05, 3.63) is 23.8 Å². The molecule has 0 aliphatic carbocycles. The monoisotopic (exact) mass is 251 g/mol. The molecule has 0 aromatic carbocycles. The van der Waals surface area contributed by atoms with E-state index in [4.69, 9.17) is 9.84 Å². The Balaban J connectivity index is 1.97. The summed E-state index contributed by atoms with van der Waals surface area (Å²) in [5.41, 5.74) is -0.0656. The van der Waals surface area contributed by atoms with E-state index in [0.29, 0.717) is 13.2 Å². The lowest BCUT2D eigenvalue weighted by Crippen LogP contribution is -2.39. The number of rotatable bonds is 3. The van der Waals surface area contributed by atoms with E-state index in [1.807, 2.05) is 0 Å². The van der Waals surface area contributed by atoms with Crippen molar-refractivity contribution in [3.63, 3.8) is 0 Å². The van der Waals surface area contributed by atoms with Crippen LogP contribution in [-0.2, 0) is 4.74 Å². The normalized spacial score (nSPS) is 16.2. The fourth-order valence-corrected chi connectivity index (χ4v) is 1.66. The predicted octanol–water partition coefficient (Wildman–Crippen LogP) is 0.0836. The van der Waals surface area contributed by atoms with E-state index in [1.165, 1.54) is 0 Å². The van der Waals surface area contributed by atoms with Crippen LogP contribution < -0.4 is 5.32 Å². The topological polar surface area (TPSA) is 101 Å². The highest BCUT2D eigenvalue weighted by molar-refractivity contribution is 5.92. The molecule has 1 aromatic heterocycles. The second-order valence-electron chi connectivity index (χ2n) is 3.95. The number of hydrogen-bond acceptors (Lipinski definition) is 5. The van der Waals surface area contributed by atoms with Gasteiger partial charge in [-0.3, -0.25) is 4.79 Å². The van der Waals surface area contributed by atoms with Crippen LogP contribution in [0.15, 0.2) is 12.4 Å². The summed E-state index contributed by atoms with van der Waals surface area (Å²) < 4.78 is 5.18. The lowest BCUT2D eigenvalue weighted by atomic mass is 10.1. The quantitative estimate of drug-likeness (QED) is 0.789. The van der Waals surface area contributed by atoms with E-state index >= 15 is 0 Å². The maximum atomic E-state index is 11.8. The highest BCUT2D eigenvalue weighted by atomic mass is 16.5. The van der Waals surface area contributed by atoms with Gasteiger partial charge in [0.15, 0.2) is 5.69 Å². The summed E-state index contributed by atoms with van der Waals surface area (Å²) in [5.74, 6) is -1.51. The van der Waals surface area contributed by atoms with Crippen LogP contribution in [0.5, 0.6) is 0 Å². The molecule has 7 nitrogen and oxygen atoms in total. The number of carbonyl (C=O) groups is 2. The van der Waals surface area contributed by atoms with E-state index in [2.05, 4.69) is 15.3 Å². The van der Waals surface area contributed by atoms with Gasteiger partial charge in [0.2, 0.25) is 0 Å². The Kier molecular flexibility index (Phi) is 3.83. The zero-order chi connectivity index (χ0) is 13.0. The van der Waals surface area contributed by atoms with E-state index in [0.717, 1.165) is 25.2 Å². The standard InChI is InChI=1S/C11H13N3O4/c15-10(14-7-1-3-18-4-2-7)8-5-13-9(6-12-8)11(16)17/h5-7H,1-4H2,(H,14,15)(H,16,17). The van der Waals surface area contributed by atoms with Crippen molar-refractivity contribution < 1.29 is 19.4 Å². The summed E-state index contributed by atoms with van der Waals surface area (Å²) in [7, 11) is 0. The molecule has 96 valence electrons. The van der Waals surface area contributed by atoms with E-state index in [9.17, 15) is 9.59 Å². The highest BCUT2D eigenvalue weighted by Crippen LogP contribution is 2.07. The SMILES string of the molecule is O=C(O)c1cnc(C(=O)NC2CCOCC2)cn1. The van der Waals surface area contributed by atoms with Gasteiger partial charge in [-0.05, 0) is 12.8 Å². The lowest BCUT2D eigenvalue weighted by molar-refractivity contribution is 0.0678. The molecule has 0 saturated carbocycles. The number of hydrogen-bond donors (Lipinski definition) is 2. The van der Waals surface area contributed by atoms with Crippen molar-refractivity contribution in [3.8, 4) is 0 Å². The maximum Gasteiger partial charge on any atom is 0.356 e. The molecule has 2 N–H and O–H groups in total. The van der Waals surface area contributed by atoms with Gasteiger partial charge in [-0.2, -0.15) is 0 Å². The summed E-state index contributed by atoms with van der Waals surface area (Å²) in [6, 6.07) is 0.0761. The predicted molar refractivity (Wildman–Crippen MR) is 60.3 cm³/mol. The van der Waals surface area contributed by atoms with Crippen LogP contribution in [0.1, 0.15) is 33.8 Å². The van der Waals surface area contributed by atoms with Crippen molar-refractivity contribution in [2.75, 3.05) is 13.2 Å². The average Bonchev–Trinajstić information content (AvgIpc) is 2.40. The molecule has 1 aliphatic heterocycles. The number of ether oxygens (including phenoxy) is 1. The number of carbonyl (C=O) groups excluding carboxylic acids is 1. The third-order valence-corrected chi connectivity index (χ3v) is 2.66. The molecule has 1 fully saturated rings. The molecule has 1 aromatic rings. The molecule has 1 aliphatic rings. The molecule has 2 rings (SSSR count). The van der Waals surface area contributed by atoms with Crippen LogP contribution in [0.3, 0.4) is 0 Å². The molecule has 2 heterocycles. The number of carboxylic acid groups (broad SMARTS) is 1. The van der Waals surface area contributed by atoms with Crippen LogP contribution in [0.2, 0.25) is 0 Å². The van der Waals surface area contributed by atoms with Crippen molar-refractivity contribution in [1.82, 2.24) is 15.3 Å². The number of nitrogens with zero attached hydrogens (tertiary/aromatic N) is 2. The number of nitrogens with one attached hydrogen (secondary N) is 1. The largest absolute Gasteiger partial charge is 0.476 e. The lowest BCUT2D eigenvalue weighted by Gasteiger charge is -2.22. The average molecular weight is 251 g/mol. The summed E-state index contributed by atoms with van der Waals surface area (Å²) in [6.07, 6.45) is 3.78. The van der Waals surface area contributed by atoms with Gasteiger partial charge in [-0.25, -0.2) is 14.8 Å². The van der Waals surface area contributed by atoms with Crippen molar-refractivity contribution in [2.45, 2.75) is 18.9 Å². The van der Waals surface area contributed by atoms with E-state index in [-0.39, 0.29) is 23.3 Å². The first-order chi connectivity index (χ1) is 8.66. The van der Waals surface area contributed by atoms with Gasteiger partial charge >= 0.3 is 5.97 Å². The zero-order valence-electron chi connectivity index (χ0n) is 9.63. The smallest absolute Gasteiger partial charge is 0.356 e. The van der Waals surface area contributed by atoms with Gasteiger partial charge in [-0.15, -0.1) is 0 Å². The van der Waals surface area contributed by atoms with Gasteiger partial charge < -0.3 is 15.2 Å². The molecule has 1 amide bonds. The summed E-state index contributed by atoms with van der Waals surface area (Å²) >= 11 is 0. The number of carboxylic acids is 1. The molecular formula is C11H13N3O4. The maximum absolute atomic E-state index is 11.8. The van der Waals surface area contributed by atoms with E-state index in [1.54, 1.807) is 0 Å². The molecular weight excluding hydrogens is 238 g/mol. The fraction of sp³-hybridized carbons (Fsp3) is 0.455. The van der Waals surface area contributed by atoms with Crippen LogP contribution in [0.25, 0.3) is 0 Å². The van der Waals surface area contributed by atoms with Crippen LogP contribution in [0, 0.1) is 0 Å². The second kappa shape index (κ2) is 5.54. The van der Waals surface area contributed by atoms with Gasteiger partial charge in [-0.1, -0.05) is 0 Å². The van der Waals surface area contributed by atoms with Gasteiger partial charge in [0.25, 0.3) is 5.91 Å². The zero-order valence-corrected chi connectivity index (χ0v) is 9.63. The molecule has 18 heavy (non-hydrogen) atoms. The van der Waals surface area contributed by atoms with Gasteiger partial charge in [0.05, 0.1) is 12.4 Å². The first kappa shape index (κ1) is 12.4. The summed E-state index contributed by atoms with van der Waals surface area (Å²) in [5, 5.41) is 11.5. The minimum atomic E-state index is -1.17. The molecule has 0 bridgehead atoms. The second-order valence-corrected chi connectivity index (χ2v) is 3.95. The summed E-state index contributed by atoms with van der Waals surface area (Å²) in [4.78, 5) is 29.8. The van der Waals surface area contributed by atoms with Crippen molar-refractivity contribution in [1.29, 1.82) is 0 Å². The number of aromatic nitrogens is 2. The Morgan fingerprint density at radius 1 is 1.22 bits per heavy atom. The van der Waals surface area contributed by atoms with Crippen LogP contribution in [-0.4, -0.2) is 46.2 Å². The van der Waals surface area contributed by atoms with Gasteiger partial charge in [0.1, 0.15) is 5.69 Å². The third kappa shape index (κ3) is 3.01. The number of amides is 1. The Morgan fingerprint density at radius 2 is 1.83 bits per heavy atom. The Morgan fingerprint density at radius 3 is 2.39 bits per heavy atom. The first-order valence-corrected chi connectivity index (χ1v) is 5.61. The fourth-order valence-electron chi connectivity index (χ4n) is 1.66. The molecule has 0 spiro atoms. The molecule has 7 heteroatoms. The minimum absolute atomic E-state index is 0.0761. The number of aromatic carboxylic acids is 1. The Labute approximate surface area is 103 Å².